The van der Waals surface area contributed by atoms with Crippen LogP contribution < -0.4 is 0 Å². The van der Waals surface area contributed by atoms with Crippen molar-refractivity contribution in [1.82, 2.24) is 4.98 Å². The van der Waals surface area contributed by atoms with Gasteiger partial charge in [-0.1, -0.05) is 6.07 Å². The van der Waals surface area contributed by atoms with E-state index in [9.17, 15) is 9.59 Å². The van der Waals surface area contributed by atoms with Crippen molar-refractivity contribution in [3.8, 4) is 0 Å². The number of nitrogens with zero attached hydrogens (tertiary/aromatic N) is 3. The molecule has 0 unspecified atom stereocenters. The Labute approximate surface area is 152 Å². The number of aromatic nitrogens is 1. The zero-order chi connectivity index (χ0) is 18.3. The predicted octanol–water partition coefficient (Wildman–Crippen LogP) is 1.50. The molecular weight excluding hydrogens is 381 g/mol. The van der Waals surface area contributed by atoms with Crippen LogP contribution in [-0.2, 0) is 43.3 Å². The Balaban J connectivity index is 0. The van der Waals surface area contributed by atoms with Gasteiger partial charge in [-0.05, 0) is 29.7 Å². The van der Waals surface area contributed by atoms with Gasteiger partial charge in [0.1, 0.15) is 6.42 Å². The molecule has 0 saturated carbocycles. The Hall–Kier alpha value is -1.62. The first-order chi connectivity index (χ1) is 10.9. The van der Waals surface area contributed by atoms with Crippen LogP contribution in [0.25, 0.3) is 0 Å². The molecule has 0 aliphatic carbocycles. The van der Waals surface area contributed by atoms with Crippen LogP contribution in [0.15, 0.2) is 34.6 Å². The van der Waals surface area contributed by atoms with Gasteiger partial charge in [-0.3, -0.25) is 14.6 Å². The molecule has 0 aliphatic heterocycles. The molecule has 0 aromatic carbocycles. The summed E-state index contributed by atoms with van der Waals surface area (Å²) in [5, 5.41) is 23.2. The number of thioether (sulfide) groups is 1. The Bertz CT molecular complexity index is 543. The molecule has 125 valence electrons. The summed E-state index contributed by atoms with van der Waals surface area (Å²) >= 11 is 7.35. The number of rotatable bonds is 4. The zero-order valence-electron chi connectivity index (χ0n) is 12.2. The second-order valence-corrected chi connectivity index (χ2v) is 4.87. The summed E-state index contributed by atoms with van der Waals surface area (Å²) in [6, 6.07) is 5.66. The molecule has 0 fully saturated rings. The fraction of sp³-hybridized carbons (Fsp3) is 0.250. The number of carboxylic acids is 2. The quantitative estimate of drug-likeness (QED) is 0.258. The van der Waals surface area contributed by atoms with Crippen molar-refractivity contribution in [2.45, 2.75) is 13.3 Å². The van der Waals surface area contributed by atoms with Gasteiger partial charge in [-0.25, -0.2) is 0 Å². The minimum absolute atomic E-state index is 0.528. The third-order valence-corrected chi connectivity index (χ3v) is 2.81. The molecular formula is C12H14N3O5S2V-. The van der Waals surface area contributed by atoms with E-state index in [1.165, 1.54) is 11.8 Å². The van der Waals surface area contributed by atoms with Crippen molar-refractivity contribution in [3.63, 3.8) is 0 Å². The summed E-state index contributed by atoms with van der Waals surface area (Å²) in [6.07, 6.45) is 2.79. The molecule has 0 spiro atoms. The Kier molecular flexibility index (Phi) is 15.7. The maximum atomic E-state index is 9.43. The van der Waals surface area contributed by atoms with E-state index >= 15 is 0 Å². The number of carboxylic acid groups (broad SMARTS) is 2. The molecule has 11 heteroatoms. The topological polar surface area (TPSA) is 129 Å². The summed E-state index contributed by atoms with van der Waals surface area (Å²) in [4.78, 5) is 23.0. The molecule has 2 N–H and O–H groups in total. The van der Waals surface area contributed by atoms with Crippen LogP contribution in [0.2, 0.25) is 0 Å². The van der Waals surface area contributed by atoms with Crippen LogP contribution in [-0.4, -0.2) is 43.5 Å². The fourth-order valence-electron chi connectivity index (χ4n) is 0.914. The van der Waals surface area contributed by atoms with Crippen molar-refractivity contribution in [2.24, 2.45) is 10.2 Å². The molecule has 0 bridgehead atoms. The molecule has 8 nitrogen and oxygen atoms in total. The van der Waals surface area contributed by atoms with Gasteiger partial charge in [-0.15, -0.1) is 11.8 Å². The molecule has 0 saturated heterocycles. The van der Waals surface area contributed by atoms with Gasteiger partial charge in [0.05, 0.1) is 11.4 Å². The molecule has 0 amide bonds. The molecule has 1 aromatic heterocycles. The van der Waals surface area contributed by atoms with Crippen molar-refractivity contribution >= 4 is 46.4 Å². The molecule has 0 atom stereocenters. The SMILES string of the molecule is CS/C([S-])=N/N=C(\C)c1ccccn1.O=C(O)CC(=O)O.[O]=[V]. The van der Waals surface area contributed by atoms with Crippen molar-refractivity contribution < 1.29 is 40.8 Å². The summed E-state index contributed by atoms with van der Waals surface area (Å²) < 4.78 is 8.72. The number of hydrogen-bond donors (Lipinski definition) is 2. The van der Waals surface area contributed by atoms with E-state index in [2.05, 4.69) is 15.2 Å². The Morgan fingerprint density at radius 1 is 1.26 bits per heavy atom. The molecule has 23 heavy (non-hydrogen) atoms. The number of carbonyl (C=O) groups is 2. The monoisotopic (exact) mass is 395 g/mol. The first-order valence-electron chi connectivity index (χ1n) is 5.73. The van der Waals surface area contributed by atoms with E-state index < -0.39 is 18.4 Å². The van der Waals surface area contributed by atoms with Gasteiger partial charge in [0.25, 0.3) is 0 Å². The van der Waals surface area contributed by atoms with Gasteiger partial charge in [-0.2, -0.15) is 10.2 Å². The van der Waals surface area contributed by atoms with Crippen LogP contribution >= 0.6 is 11.8 Å². The first-order valence-corrected chi connectivity index (χ1v) is 7.93. The fourth-order valence-corrected chi connectivity index (χ4v) is 1.08. The van der Waals surface area contributed by atoms with E-state index in [1.54, 1.807) is 6.20 Å². The van der Waals surface area contributed by atoms with Crippen molar-refractivity contribution in [2.75, 3.05) is 6.26 Å². The maximum absolute atomic E-state index is 9.43. The van der Waals surface area contributed by atoms with Gasteiger partial charge >= 0.3 is 33.0 Å². The summed E-state index contributed by atoms with van der Waals surface area (Å²) in [5.74, 6) is -2.62. The van der Waals surface area contributed by atoms with Crippen molar-refractivity contribution in [3.05, 3.63) is 30.1 Å². The number of pyridine rings is 1. The second-order valence-electron chi connectivity index (χ2n) is 3.43. The second kappa shape index (κ2) is 15.3. The van der Waals surface area contributed by atoms with E-state index in [-0.39, 0.29) is 0 Å². The third-order valence-electron chi connectivity index (χ3n) is 1.79. The van der Waals surface area contributed by atoms with Gasteiger partial charge in [0.2, 0.25) is 0 Å². The average Bonchev–Trinajstić information content (AvgIpc) is 2.54. The van der Waals surface area contributed by atoms with Crippen LogP contribution in [0.3, 0.4) is 0 Å². The Morgan fingerprint density at radius 3 is 2.17 bits per heavy atom. The van der Waals surface area contributed by atoms with E-state index in [0.29, 0.717) is 4.38 Å². The third kappa shape index (κ3) is 15.1. The first kappa shape index (κ1) is 23.6. The number of hydrogen-bond acceptors (Lipinski definition) is 8. The van der Waals surface area contributed by atoms with Crippen LogP contribution in [0.4, 0.5) is 0 Å². The summed E-state index contributed by atoms with van der Waals surface area (Å²) in [6.45, 7) is 1.86. The van der Waals surface area contributed by atoms with Crippen LogP contribution in [0.5, 0.6) is 0 Å². The van der Waals surface area contributed by atoms with Gasteiger partial charge in [0, 0.05) is 6.20 Å². The molecule has 1 heterocycles. The Morgan fingerprint density at radius 2 is 1.83 bits per heavy atom. The summed E-state index contributed by atoms with van der Waals surface area (Å²) in [7, 11) is 0. The molecule has 1 aromatic rings. The van der Waals surface area contributed by atoms with E-state index in [0.717, 1.165) is 28.8 Å². The normalized spacial score (nSPS) is 10.5. The standard InChI is InChI=1S/C9H11N3S2.C3H4O4.O.V/c1-7(11-12-9(13)14-2)8-5-3-4-6-10-8;4-2(5)1-3(6)7;;/h3-6H,1-2H3,(H,12,13);1H2,(H,4,5)(H,6,7);;/p-1/b11-7+;;;. The molecule has 0 radical (unpaired) electrons. The zero-order valence-corrected chi connectivity index (χ0v) is 15.3. The number of aliphatic carboxylic acids is 2. The minimum atomic E-state index is -1.31. The van der Waals surface area contributed by atoms with Gasteiger partial charge in [0.15, 0.2) is 0 Å². The van der Waals surface area contributed by atoms with E-state index in [4.69, 9.17) is 26.5 Å². The van der Waals surface area contributed by atoms with E-state index in [1.807, 2.05) is 31.4 Å². The van der Waals surface area contributed by atoms with Crippen LogP contribution in [0, 0.1) is 0 Å². The molecule has 0 aliphatic rings. The average molecular weight is 395 g/mol. The molecule has 1 rings (SSSR count). The summed E-state index contributed by atoms with van der Waals surface area (Å²) in [5.41, 5.74) is 1.59. The van der Waals surface area contributed by atoms with Crippen LogP contribution in [0.1, 0.15) is 19.0 Å². The van der Waals surface area contributed by atoms with Crippen molar-refractivity contribution in [1.29, 1.82) is 0 Å². The van der Waals surface area contributed by atoms with Gasteiger partial charge < -0.3 is 22.8 Å². The predicted molar refractivity (Wildman–Crippen MR) is 85.3 cm³/mol.